The van der Waals surface area contributed by atoms with Crippen LogP contribution in [0, 0.1) is 0 Å². The molecule has 80 valence electrons. The second-order valence-corrected chi connectivity index (χ2v) is 4.90. The number of aromatic nitrogens is 2. The standard InChI is InChI=1S/C9H10ClN3OS/c1-2-5-13(6-3-4-6)8(14)7-11-12-9(10)15-7/h2,6H,1,3-5H2. The molecule has 1 amide bonds. The van der Waals surface area contributed by atoms with Crippen LogP contribution in [0.3, 0.4) is 0 Å². The van der Waals surface area contributed by atoms with E-state index in [1.165, 1.54) is 0 Å². The molecule has 1 fully saturated rings. The normalized spacial score (nSPS) is 15.0. The van der Waals surface area contributed by atoms with Crippen LogP contribution >= 0.6 is 22.9 Å². The van der Waals surface area contributed by atoms with Gasteiger partial charge in [-0.05, 0) is 24.4 Å². The summed E-state index contributed by atoms with van der Waals surface area (Å²) in [5.74, 6) is -0.0956. The van der Waals surface area contributed by atoms with Gasteiger partial charge in [0, 0.05) is 12.6 Å². The van der Waals surface area contributed by atoms with Crippen LogP contribution < -0.4 is 0 Å². The van der Waals surface area contributed by atoms with Crippen molar-refractivity contribution in [2.24, 2.45) is 0 Å². The number of carbonyl (C=O) groups is 1. The van der Waals surface area contributed by atoms with Crippen LogP contribution in [-0.4, -0.2) is 33.6 Å². The van der Waals surface area contributed by atoms with Crippen LogP contribution in [0.2, 0.25) is 4.47 Å². The Morgan fingerprint density at radius 3 is 2.87 bits per heavy atom. The van der Waals surface area contributed by atoms with E-state index in [9.17, 15) is 4.79 Å². The van der Waals surface area contributed by atoms with E-state index in [0.717, 1.165) is 24.2 Å². The van der Waals surface area contributed by atoms with Gasteiger partial charge in [0.15, 0.2) is 0 Å². The van der Waals surface area contributed by atoms with Gasteiger partial charge >= 0.3 is 0 Å². The molecule has 0 atom stereocenters. The zero-order chi connectivity index (χ0) is 10.8. The summed E-state index contributed by atoms with van der Waals surface area (Å²) in [6.45, 7) is 4.20. The van der Waals surface area contributed by atoms with E-state index >= 15 is 0 Å². The molecular weight excluding hydrogens is 234 g/mol. The Bertz CT molecular complexity index is 388. The van der Waals surface area contributed by atoms with Gasteiger partial charge in [0.1, 0.15) is 0 Å². The van der Waals surface area contributed by atoms with Gasteiger partial charge in [0.2, 0.25) is 9.47 Å². The summed E-state index contributed by atoms with van der Waals surface area (Å²) in [5, 5.41) is 7.72. The van der Waals surface area contributed by atoms with Gasteiger partial charge in [0.25, 0.3) is 5.91 Å². The summed E-state index contributed by atoms with van der Waals surface area (Å²) in [5.41, 5.74) is 0. The molecule has 1 aliphatic rings. The molecule has 1 saturated carbocycles. The predicted octanol–water partition coefficient (Wildman–Crippen LogP) is 1.98. The SMILES string of the molecule is C=CCN(C(=O)c1nnc(Cl)s1)C1CC1. The van der Waals surface area contributed by atoms with Gasteiger partial charge < -0.3 is 4.90 Å². The van der Waals surface area contributed by atoms with E-state index in [1.54, 1.807) is 11.0 Å². The number of nitrogens with zero attached hydrogens (tertiary/aromatic N) is 3. The minimum Gasteiger partial charge on any atom is -0.330 e. The van der Waals surface area contributed by atoms with Crippen molar-refractivity contribution < 1.29 is 4.79 Å². The van der Waals surface area contributed by atoms with Crippen LogP contribution in [0.4, 0.5) is 0 Å². The van der Waals surface area contributed by atoms with E-state index in [2.05, 4.69) is 16.8 Å². The Morgan fingerprint density at radius 1 is 1.67 bits per heavy atom. The van der Waals surface area contributed by atoms with Crippen molar-refractivity contribution >= 4 is 28.8 Å². The average Bonchev–Trinajstić information content (AvgIpc) is 2.96. The summed E-state index contributed by atoms with van der Waals surface area (Å²) < 4.78 is 0.299. The monoisotopic (exact) mass is 243 g/mol. The van der Waals surface area contributed by atoms with Gasteiger partial charge in [-0.2, -0.15) is 0 Å². The molecule has 0 spiro atoms. The van der Waals surface area contributed by atoms with E-state index in [0.29, 0.717) is 22.1 Å². The Labute approximate surface area is 96.6 Å². The van der Waals surface area contributed by atoms with Crippen molar-refractivity contribution in [3.8, 4) is 0 Å². The highest BCUT2D eigenvalue weighted by Gasteiger charge is 2.33. The molecule has 0 unspecified atom stereocenters. The molecule has 0 aromatic carbocycles. The van der Waals surface area contributed by atoms with Crippen molar-refractivity contribution in [2.45, 2.75) is 18.9 Å². The first-order chi connectivity index (χ1) is 7.22. The molecular formula is C9H10ClN3OS. The van der Waals surface area contributed by atoms with E-state index < -0.39 is 0 Å². The first-order valence-corrected chi connectivity index (χ1v) is 5.82. The maximum absolute atomic E-state index is 12.0. The van der Waals surface area contributed by atoms with E-state index in [-0.39, 0.29) is 5.91 Å². The van der Waals surface area contributed by atoms with Crippen molar-refractivity contribution in [2.75, 3.05) is 6.54 Å². The number of rotatable bonds is 4. The van der Waals surface area contributed by atoms with Gasteiger partial charge in [0.05, 0.1) is 0 Å². The molecule has 0 aliphatic heterocycles. The van der Waals surface area contributed by atoms with Crippen molar-refractivity contribution in [3.63, 3.8) is 0 Å². The summed E-state index contributed by atoms with van der Waals surface area (Å²) in [7, 11) is 0. The molecule has 1 aliphatic carbocycles. The lowest BCUT2D eigenvalue weighted by atomic mass is 10.4. The largest absolute Gasteiger partial charge is 0.330 e. The second kappa shape index (κ2) is 4.28. The minimum atomic E-state index is -0.0956. The highest BCUT2D eigenvalue weighted by atomic mass is 35.5. The third-order valence-corrected chi connectivity index (χ3v) is 3.16. The molecule has 0 N–H and O–H groups in total. The Balaban J connectivity index is 2.13. The third kappa shape index (κ3) is 2.35. The summed E-state index contributed by atoms with van der Waals surface area (Å²) in [4.78, 5) is 13.7. The van der Waals surface area contributed by atoms with Crippen molar-refractivity contribution in [1.82, 2.24) is 15.1 Å². The molecule has 2 rings (SSSR count). The molecule has 0 saturated heterocycles. The molecule has 0 bridgehead atoms. The van der Waals surface area contributed by atoms with Gasteiger partial charge in [-0.3, -0.25) is 4.79 Å². The predicted molar refractivity (Wildman–Crippen MR) is 59.2 cm³/mol. The zero-order valence-corrected chi connectivity index (χ0v) is 9.59. The zero-order valence-electron chi connectivity index (χ0n) is 8.02. The van der Waals surface area contributed by atoms with Crippen molar-refractivity contribution in [1.29, 1.82) is 0 Å². The summed E-state index contributed by atoms with van der Waals surface area (Å²) in [6.07, 6.45) is 3.84. The van der Waals surface area contributed by atoms with Crippen LogP contribution in [0.15, 0.2) is 12.7 Å². The molecule has 1 aromatic heterocycles. The fraction of sp³-hybridized carbons (Fsp3) is 0.444. The Morgan fingerprint density at radius 2 is 2.40 bits per heavy atom. The summed E-state index contributed by atoms with van der Waals surface area (Å²) in [6, 6.07) is 0.346. The molecule has 4 nitrogen and oxygen atoms in total. The highest BCUT2D eigenvalue weighted by molar-refractivity contribution is 7.17. The van der Waals surface area contributed by atoms with Crippen LogP contribution in [0.1, 0.15) is 22.6 Å². The molecule has 15 heavy (non-hydrogen) atoms. The minimum absolute atomic E-state index is 0.0956. The number of hydrogen-bond acceptors (Lipinski definition) is 4. The molecule has 1 heterocycles. The van der Waals surface area contributed by atoms with Crippen LogP contribution in [0.5, 0.6) is 0 Å². The quantitative estimate of drug-likeness (QED) is 0.760. The lowest BCUT2D eigenvalue weighted by Gasteiger charge is -2.18. The molecule has 6 heteroatoms. The lowest BCUT2D eigenvalue weighted by molar-refractivity contribution is 0.0761. The third-order valence-electron chi connectivity index (χ3n) is 2.16. The highest BCUT2D eigenvalue weighted by Crippen LogP contribution is 2.29. The second-order valence-electron chi connectivity index (χ2n) is 3.34. The fourth-order valence-corrected chi connectivity index (χ4v) is 2.12. The molecule has 1 aromatic rings. The lowest BCUT2D eigenvalue weighted by Crippen LogP contribution is -2.33. The van der Waals surface area contributed by atoms with Crippen molar-refractivity contribution in [3.05, 3.63) is 22.1 Å². The number of amides is 1. The smallest absolute Gasteiger partial charge is 0.285 e. The topological polar surface area (TPSA) is 46.1 Å². The van der Waals surface area contributed by atoms with Gasteiger partial charge in [-0.25, -0.2) is 0 Å². The first kappa shape index (κ1) is 10.6. The van der Waals surface area contributed by atoms with Gasteiger partial charge in [-0.1, -0.05) is 17.4 Å². The number of carbonyl (C=O) groups excluding carboxylic acids is 1. The van der Waals surface area contributed by atoms with E-state index in [4.69, 9.17) is 11.6 Å². The Kier molecular flexibility index (Phi) is 3.02. The average molecular weight is 244 g/mol. The molecule has 0 radical (unpaired) electrons. The number of halogens is 1. The Hall–Kier alpha value is -0.940. The van der Waals surface area contributed by atoms with Crippen LogP contribution in [0.25, 0.3) is 0 Å². The maximum atomic E-state index is 12.0. The summed E-state index contributed by atoms with van der Waals surface area (Å²) >= 11 is 6.75. The van der Waals surface area contributed by atoms with Crippen LogP contribution in [-0.2, 0) is 0 Å². The van der Waals surface area contributed by atoms with Gasteiger partial charge in [-0.15, -0.1) is 16.8 Å². The fourth-order valence-electron chi connectivity index (χ4n) is 1.34. The number of hydrogen-bond donors (Lipinski definition) is 0. The first-order valence-electron chi connectivity index (χ1n) is 4.63. The van der Waals surface area contributed by atoms with E-state index in [1.807, 2.05) is 0 Å². The maximum Gasteiger partial charge on any atom is 0.285 e.